The van der Waals surface area contributed by atoms with Crippen molar-refractivity contribution in [3.63, 3.8) is 0 Å². The number of ether oxygens (including phenoxy) is 1. The van der Waals surface area contributed by atoms with Gasteiger partial charge in [-0.15, -0.1) is 0 Å². The zero-order chi connectivity index (χ0) is 20.8. The van der Waals surface area contributed by atoms with Crippen LogP contribution < -0.4 is 5.32 Å². The molecule has 3 rings (SSSR count). The van der Waals surface area contributed by atoms with Crippen LogP contribution in [0.5, 0.6) is 0 Å². The third kappa shape index (κ3) is 5.09. The molecule has 2 aliphatic heterocycles. The van der Waals surface area contributed by atoms with E-state index in [0.717, 1.165) is 30.1 Å². The number of carbonyl (C=O) groups excluding carboxylic acids is 3. The van der Waals surface area contributed by atoms with Crippen molar-refractivity contribution >= 4 is 23.8 Å². The Labute approximate surface area is 171 Å². The summed E-state index contributed by atoms with van der Waals surface area (Å²) in [6, 6.07) is 9.00. The van der Waals surface area contributed by atoms with Crippen LogP contribution >= 0.6 is 0 Å². The van der Waals surface area contributed by atoms with Crippen molar-refractivity contribution < 1.29 is 19.1 Å². The molecule has 29 heavy (non-hydrogen) atoms. The van der Waals surface area contributed by atoms with E-state index in [2.05, 4.69) is 10.2 Å². The molecule has 1 N–H and O–H groups in total. The zero-order valence-corrected chi connectivity index (χ0v) is 16.9. The number of amides is 3. The van der Waals surface area contributed by atoms with Crippen molar-refractivity contribution in [1.29, 1.82) is 0 Å². The first-order chi connectivity index (χ1) is 14.0. The molecule has 8 heteroatoms. The summed E-state index contributed by atoms with van der Waals surface area (Å²) >= 11 is 0. The van der Waals surface area contributed by atoms with Crippen molar-refractivity contribution in [1.82, 2.24) is 20.0 Å². The van der Waals surface area contributed by atoms with Crippen LogP contribution in [0.4, 0.5) is 4.79 Å². The summed E-state index contributed by atoms with van der Waals surface area (Å²) < 4.78 is 5.35. The normalized spacial score (nSPS) is 23.8. The van der Waals surface area contributed by atoms with E-state index in [-0.39, 0.29) is 5.78 Å². The minimum Gasteiger partial charge on any atom is -0.379 e. The third-order valence-corrected chi connectivity index (χ3v) is 5.35. The van der Waals surface area contributed by atoms with Crippen molar-refractivity contribution in [2.45, 2.75) is 6.17 Å². The number of ketones is 1. The Morgan fingerprint density at radius 2 is 1.86 bits per heavy atom. The molecule has 8 nitrogen and oxygen atoms in total. The maximum atomic E-state index is 12.9. The maximum absolute atomic E-state index is 12.9. The number of benzene rings is 1. The molecule has 2 atom stereocenters. The summed E-state index contributed by atoms with van der Waals surface area (Å²) in [4.78, 5) is 42.8. The standard InChI is InChI=1S/C21H28N4O4/c1-23-19(22-10-11-25-12-14-29-15-13-25)18(20(27)24(2)21(23)28)17(26)9-8-16-6-4-3-5-7-16/h3-9,18-19,22H,10-15H2,1-2H3/b9-8+. The molecule has 0 saturated carbocycles. The number of imide groups is 1. The van der Waals surface area contributed by atoms with Crippen LogP contribution in [0.1, 0.15) is 5.56 Å². The molecule has 2 aliphatic rings. The summed E-state index contributed by atoms with van der Waals surface area (Å²) in [6.07, 6.45) is 2.43. The van der Waals surface area contributed by atoms with E-state index in [9.17, 15) is 14.4 Å². The molecular weight excluding hydrogens is 372 g/mol. The number of rotatable bonds is 7. The van der Waals surface area contributed by atoms with Crippen LogP contribution in [-0.2, 0) is 14.3 Å². The van der Waals surface area contributed by atoms with Gasteiger partial charge in [-0.3, -0.25) is 24.7 Å². The number of carbonyl (C=O) groups is 3. The Kier molecular flexibility index (Phi) is 7.13. The second-order valence-electron chi connectivity index (χ2n) is 7.27. The molecule has 1 aromatic carbocycles. The average Bonchev–Trinajstić information content (AvgIpc) is 2.75. The highest BCUT2D eigenvalue weighted by atomic mass is 16.5. The highest BCUT2D eigenvalue weighted by Crippen LogP contribution is 2.21. The topological polar surface area (TPSA) is 82.2 Å². The number of allylic oxidation sites excluding steroid dienone is 1. The fraction of sp³-hybridized carbons (Fsp3) is 0.476. The molecule has 0 aromatic heterocycles. The van der Waals surface area contributed by atoms with E-state index in [0.29, 0.717) is 19.8 Å². The Morgan fingerprint density at radius 3 is 2.55 bits per heavy atom. The van der Waals surface area contributed by atoms with Crippen molar-refractivity contribution in [3.05, 3.63) is 42.0 Å². The van der Waals surface area contributed by atoms with Gasteiger partial charge in [0.15, 0.2) is 5.78 Å². The van der Waals surface area contributed by atoms with Gasteiger partial charge in [-0.25, -0.2) is 4.79 Å². The highest BCUT2D eigenvalue weighted by molar-refractivity contribution is 6.13. The molecule has 0 radical (unpaired) electrons. The van der Waals surface area contributed by atoms with Crippen LogP contribution in [0, 0.1) is 5.92 Å². The molecule has 156 valence electrons. The van der Waals surface area contributed by atoms with Gasteiger partial charge < -0.3 is 9.64 Å². The quantitative estimate of drug-likeness (QED) is 0.535. The zero-order valence-electron chi connectivity index (χ0n) is 16.9. The molecule has 2 saturated heterocycles. The Bertz CT molecular complexity index is 761. The van der Waals surface area contributed by atoms with Gasteiger partial charge in [-0.05, 0) is 11.6 Å². The van der Waals surface area contributed by atoms with Gasteiger partial charge in [0.05, 0.1) is 13.2 Å². The second-order valence-corrected chi connectivity index (χ2v) is 7.27. The van der Waals surface area contributed by atoms with Crippen LogP contribution in [-0.4, -0.2) is 92.1 Å². The first-order valence-electron chi connectivity index (χ1n) is 9.84. The van der Waals surface area contributed by atoms with Crippen LogP contribution in [0.15, 0.2) is 36.4 Å². The van der Waals surface area contributed by atoms with Gasteiger partial charge in [0, 0.05) is 40.3 Å². The molecule has 3 amide bonds. The van der Waals surface area contributed by atoms with E-state index < -0.39 is 24.0 Å². The highest BCUT2D eigenvalue weighted by Gasteiger charge is 2.46. The van der Waals surface area contributed by atoms with E-state index in [4.69, 9.17) is 4.74 Å². The Morgan fingerprint density at radius 1 is 1.17 bits per heavy atom. The van der Waals surface area contributed by atoms with Crippen molar-refractivity contribution in [2.75, 3.05) is 53.5 Å². The van der Waals surface area contributed by atoms with Gasteiger partial charge >= 0.3 is 6.03 Å². The predicted molar refractivity (Wildman–Crippen MR) is 109 cm³/mol. The second kappa shape index (κ2) is 9.78. The minimum absolute atomic E-state index is 0.325. The predicted octanol–water partition coefficient (Wildman–Crippen LogP) is 0.657. The molecule has 0 bridgehead atoms. The summed E-state index contributed by atoms with van der Waals surface area (Å²) in [6.45, 7) is 4.43. The smallest absolute Gasteiger partial charge is 0.327 e. The van der Waals surface area contributed by atoms with E-state index in [1.807, 2.05) is 30.3 Å². The summed E-state index contributed by atoms with van der Waals surface area (Å²) in [7, 11) is 3.02. The minimum atomic E-state index is -0.979. The Hall–Kier alpha value is -2.55. The van der Waals surface area contributed by atoms with Crippen LogP contribution in [0.25, 0.3) is 6.08 Å². The molecule has 2 heterocycles. The fourth-order valence-corrected chi connectivity index (χ4v) is 3.59. The summed E-state index contributed by atoms with van der Waals surface area (Å²) in [5.74, 6) is -1.79. The number of nitrogens with zero attached hydrogens (tertiary/aromatic N) is 3. The molecule has 0 aliphatic carbocycles. The monoisotopic (exact) mass is 400 g/mol. The third-order valence-electron chi connectivity index (χ3n) is 5.35. The molecular formula is C21H28N4O4. The lowest BCUT2D eigenvalue weighted by Crippen LogP contribution is -2.65. The van der Waals surface area contributed by atoms with Gasteiger partial charge in [0.25, 0.3) is 0 Å². The fourth-order valence-electron chi connectivity index (χ4n) is 3.59. The van der Waals surface area contributed by atoms with Crippen LogP contribution in [0.3, 0.4) is 0 Å². The molecule has 2 unspecified atom stereocenters. The molecule has 2 fully saturated rings. The number of urea groups is 1. The average molecular weight is 400 g/mol. The SMILES string of the molecule is CN1C(=O)C(C(=O)/C=C/c2ccccc2)C(NCCN2CCOCC2)N(C)C1=O. The largest absolute Gasteiger partial charge is 0.379 e. The number of morpholine rings is 1. The molecule has 1 aromatic rings. The molecule has 0 spiro atoms. The van der Waals surface area contributed by atoms with Crippen molar-refractivity contribution in [3.8, 4) is 0 Å². The van der Waals surface area contributed by atoms with E-state index in [1.54, 1.807) is 13.1 Å². The van der Waals surface area contributed by atoms with Gasteiger partial charge in [0.1, 0.15) is 12.1 Å². The van der Waals surface area contributed by atoms with Crippen molar-refractivity contribution in [2.24, 2.45) is 5.92 Å². The summed E-state index contributed by atoms with van der Waals surface area (Å²) in [5.41, 5.74) is 0.874. The first kappa shape index (κ1) is 21.2. The number of nitrogens with one attached hydrogen (secondary N) is 1. The van der Waals surface area contributed by atoms with E-state index in [1.165, 1.54) is 18.0 Å². The maximum Gasteiger partial charge on any atom is 0.327 e. The lowest BCUT2D eigenvalue weighted by atomic mass is 9.94. The van der Waals surface area contributed by atoms with Crippen LogP contribution in [0.2, 0.25) is 0 Å². The van der Waals surface area contributed by atoms with Gasteiger partial charge in [-0.1, -0.05) is 36.4 Å². The number of hydrogen-bond acceptors (Lipinski definition) is 6. The van der Waals surface area contributed by atoms with Gasteiger partial charge in [0.2, 0.25) is 5.91 Å². The summed E-state index contributed by atoms with van der Waals surface area (Å²) in [5, 5.41) is 3.25. The van der Waals surface area contributed by atoms with Gasteiger partial charge in [-0.2, -0.15) is 0 Å². The lowest BCUT2D eigenvalue weighted by molar-refractivity contribution is -0.143. The van der Waals surface area contributed by atoms with E-state index >= 15 is 0 Å². The first-order valence-corrected chi connectivity index (χ1v) is 9.84. The lowest BCUT2D eigenvalue weighted by Gasteiger charge is -2.41. The Balaban J connectivity index is 1.70. The number of hydrogen-bond donors (Lipinski definition) is 1.